The molecular weight excluding hydrogens is 332 g/mol. The average molecular weight is 350 g/mol. The third-order valence-electron chi connectivity index (χ3n) is 3.69. The van der Waals surface area contributed by atoms with Crippen molar-refractivity contribution in [3.63, 3.8) is 0 Å². The zero-order valence-electron chi connectivity index (χ0n) is 14.3. The number of carbonyl (C=O) groups is 2. The van der Waals surface area contributed by atoms with Gasteiger partial charge in [0.2, 0.25) is 5.82 Å². The molecule has 2 aromatic carbocycles. The maximum Gasteiger partial charge on any atom is 0.374 e. The highest BCUT2D eigenvalue weighted by Crippen LogP contribution is 2.09. The lowest BCUT2D eigenvalue weighted by Gasteiger charge is -2.04. The predicted molar refractivity (Wildman–Crippen MR) is 94.3 cm³/mol. The molecule has 0 aliphatic heterocycles. The van der Waals surface area contributed by atoms with E-state index in [0.29, 0.717) is 0 Å². The number of imidazole rings is 1. The Hall–Kier alpha value is -3.41. The maximum atomic E-state index is 12.2. The molecule has 0 atom stereocenters. The number of carbonyl (C=O) groups excluding carboxylic acids is 2. The van der Waals surface area contributed by atoms with Crippen molar-refractivity contribution in [2.45, 2.75) is 13.2 Å². The Bertz CT molecular complexity index is 889. The molecule has 0 aliphatic carbocycles. The van der Waals surface area contributed by atoms with E-state index >= 15 is 0 Å². The Morgan fingerprint density at radius 2 is 1.35 bits per heavy atom. The van der Waals surface area contributed by atoms with Crippen molar-refractivity contribution in [3.05, 3.63) is 89.5 Å². The van der Waals surface area contributed by atoms with Gasteiger partial charge in [-0.1, -0.05) is 60.7 Å². The number of rotatable bonds is 6. The SMILES string of the molecule is Cn1cc(C(=O)OCc2ccccc2)nc1C(=O)OCc1ccccc1. The minimum absolute atomic E-state index is 0.0487. The van der Waals surface area contributed by atoms with Crippen LogP contribution in [0.1, 0.15) is 32.2 Å². The lowest BCUT2D eigenvalue weighted by Crippen LogP contribution is -2.11. The highest BCUT2D eigenvalue weighted by atomic mass is 16.5. The van der Waals surface area contributed by atoms with Crippen LogP contribution in [0.5, 0.6) is 0 Å². The molecule has 0 aliphatic rings. The monoisotopic (exact) mass is 350 g/mol. The summed E-state index contributed by atoms with van der Waals surface area (Å²) in [5.41, 5.74) is 1.81. The van der Waals surface area contributed by atoms with Gasteiger partial charge in [-0.3, -0.25) is 0 Å². The smallest absolute Gasteiger partial charge is 0.374 e. The van der Waals surface area contributed by atoms with Crippen LogP contribution in [-0.2, 0) is 29.7 Å². The van der Waals surface area contributed by atoms with Gasteiger partial charge in [-0.25, -0.2) is 14.6 Å². The Balaban J connectivity index is 1.60. The van der Waals surface area contributed by atoms with Crippen LogP contribution in [0.3, 0.4) is 0 Å². The Labute approximate surface area is 151 Å². The molecule has 3 rings (SSSR count). The van der Waals surface area contributed by atoms with Gasteiger partial charge in [0.15, 0.2) is 5.69 Å². The first kappa shape index (κ1) is 17.4. The lowest BCUT2D eigenvalue weighted by atomic mass is 10.2. The minimum Gasteiger partial charge on any atom is -0.456 e. The van der Waals surface area contributed by atoms with Crippen LogP contribution in [0.25, 0.3) is 0 Å². The van der Waals surface area contributed by atoms with Crippen LogP contribution in [0.4, 0.5) is 0 Å². The highest BCUT2D eigenvalue weighted by molar-refractivity contribution is 5.91. The van der Waals surface area contributed by atoms with Crippen molar-refractivity contribution in [1.29, 1.82) is 0 Å². The first-order chi connectivity index (χ1) is 12.6. The highest BCUT2D eigenvalue weighted by Gasteiger charge is 2.20. The summed E-state index contributed by atoms with van der Waals surface area (Å²) in [5.74, 6) is -1.14. The molecule has 26 heavy (non-hydrogen) atoms. The molecule has 6 heteroatoms. The van der Waals surface area contributed by atoms with Crippen molar-refractivity contribution < 1.29 is 19.1 Å². The molecular formula is C20H18N2O4. The fraction of sp³-hybridized carbons (Fsp3) is 0.150. The fourth-order valence-corrected chi connectivity index (χ4v) is 2.34. The number of benzene rings is 2. The van der Waals surface area contributed by atoms with E-state index in [2.05, 4.69) is 4.98 Å². The summed E-state index contributed by atoms with van der Waals surface area (Å²) in [6.07, 6.45) is 1.45. The van der Waals surface area contributed by atoms with Gasteiger partial charge in [0.1, 0.15) is 13.2 Å². The number of ether oxygens (including phenoxy) is 2. The van der Waals surface area contributed by atoms with E-state index in [1.54, 1.807) is 7.05 Å². The molecule has 132 valence electrons. The number of hydrogen-bond acceptors (Lipinski definition) is 5. The first-order valence-electron chi connectivity index (χ1n) is 8.09. The van der Waals surface area contributed by atoms with E-state index in [1.807, 2.05) is 60.7 Å². The molecule has 0 bridgehead atoms. The number of nitrogens with zero attached hydrogens (tertiary/aromatic N) is 2. The molecule has 0 amide bonds. The van der Waals surface area contributed by atoms with Crippen LogP contribution in [0.15, 0.2) is 66.9 Å². The Kier molecular flexibility index (Phi) is 5.43. The molecule has 6 nitrogen and oxygen atoms in total. The molecule has 0 radical (unpaired) electrons. The van der Waals surface area contributed by atoms with Gasteiger partial charge in [-0.05, 0) is 11.1 Å². The molecule has 1 aromatic heterocycles. The lowest BCUT2D eigenvalue weighted by molar-refractivity contribution is 0.0453. The fourth-order valence-electron chi connectivity index (χ4n) is 2.34. The summed E-state index contributed by atoms with van der Waals surface area (Å²) < 4.78 is 11.9. The van der Waals surface area contributed by atoms with Gasteiger partial charge >= 0.3 is 11.9 Å². The first-order valence-corrected chi connectivity index (χ1v) is 8.09. The standard InChI is InChI=1S/C20H18N2O4/c1-22-12-17(19(23)25-13-15-8-4-2-5-9-15)21-18(22)20(24)26-14-16-10-6-3-7-11-16/h2-12H,13-14H2,1H3. The van der Waals surface area contributed by atoms with Crippen LogP contribution >= 0.6 is 0 Å². The number of hydrogen-bond donors (Lipinski definition) is 0. The minimum atomic E-state index is -0.599. The van der Waals surface area contributed by atoms with E-state index in [9.17, 15) is 9.59 Å². The average Bonchev–Trinajstić information content (AvgIpc) is 3.08. The molecule has 0 spiro atoms. The van der Waals surface area contributed by atoms with Crippen molar-refractivity contribution in [3.8, 4) is 0 Å². The van der Waals surface area contributed by atoms with Crippen LogP contribution in [0, 0.1) is 0 Å². The topological polar surface area (TPSA) is 70.4 Å². The number of aryl methyl sites for hydroxylation is 1. The molecule has 0 N–H and O–H groups in total. The van der Waals surface area contributed by atoms with Crippen molar-refractivity contribution >= 4 is 11.9 Å². The van der Waals surface area contributed by atoms with Gasteiger partial charge < -0.3 is 14.0 Å². The van der Waals surface area contributed by atoms with E-state index in [1.165, 1.54) is 10.8 Å². The molecule has 0 saturated heterocycles. The van der Waals surface area contributed by atoms with Gasteiger partial charge in [0.25, 0.3) is 0 Å². The van der Waals surface area contributed by atoms with Crippen LogP contribution in [-0.4, -0.2) is 21.5 Å². The summed E-state index contributed by atoms with van der Waals surface area (Å²) in [6, 6.07) is 18.7. The van der Waals surface area contributed by atoms with Gasteiger partial charge in [-0.2, -0.15) is 0 Å². The molecule has 0 fully saturated rings. The van der Waals surface area contributed by atoms with Crippen molar-refractivity contribution in [2.24, 2.45) is 7.05 Å². The summed E-state index contributed by atoms with van der Waals surface area (Å²) in [4.78, 5) is 28.4. The van der Waals surface area contributed by atoms with E-state index in [-0.39, 0.29) is 24.7 Å². The maximum absolute atomic E-state index is 12.2. The molecule has 3 aromatic rings. The van der Waals surface area contributed by atoms with Gasteiger partial charge in [-0.15, -0.1) is 0 Å². The van der Waals surface area contributed by atoms with Gasteiger partial charge in [0.05, 0.1) is 0 Å². The summed E-state index contributed by atoms with van der Waals surface area (Å²) in [5, 5.41) is 0. The quantitative estimate of drug-likeness (QED) is 0.639. The molecule has 0 saturated carbocycles. The zero-order chi connectivity index (χ0) is 18.4. The number of esters is 2. The van der Waals surface area contributed by atoms with Crippen LogP contribution in [0.2, 0.25) is 0 Å². The summed E-state index contributed by atoms with van der Waals surface area (Å²) in [6.45, 7) is 0.282. The normalized spacial score (nSPS) is 10.3. The third kappa shape index (κ3) is 4.36. The van der Waals surface area contributed by atoms with Crippen molar-refractivity contribution in [1.82, 2.24) is 9.55 Å². The predicted octanol–water partition coefficient (Wildman–Crippen LogP) is 3.13. The van der Waals surface area contributed by atoms with E-state index in [0.717, 1.165) is 11.1 Å². The second-order valence-corrected chi connectivity index (χ2v) is 5.68. The Morgan fingerprint density at radius 1 is 0.846 bits per heavy atom. The second-order valence-electron chi connectivity index (χ2n) is 5.68. The van der Waals surface area contributed by atoms with Crippen LogP contribution < -0.4 is 0 Å². The third-order valence-corrected chi connectivity index (χ3v) is 3.69. The summed E-state index contributed by atoms with van der Waals surface area (Å²) in [7, 11) is 1.63. The Morgan fingerprint density at radius 3 is 1.88 bits per heavy atom. The van der Waals surface area contributed by atoms with Gasteiger partial charge in [0, 0.05) is 13.2 Å². The zero-order valence-corrected chi connectivity index (χ0v) is 14.3. The van der Waals surface area contributed by atoms with E-state index < -0.39 is 11.9 Å². The molecule has 1 heterocycles. The van der Waals surface area contributed by atoms with E-state index in [4.69, 9.17) is 9.47 Å². The molecule has 0 unspecified atom stereocenters. The van der Waals surface area contributed by atoms with Crippen molar-refractivity contribution in [2.75, 3.05) is 0 Å². The largest absolute Gasteiger partial charge is 0.456 e. The number of aromatic nitrogens is 2. The second kappa shape index (κ2) is 8.11. The summed E-state index contributed by atoms with van der Waals surface area (Å²) >= 11 is 0.